The number of carbonyl (C=O) groups is 2. The second-order valence-electron chi connectivity index (χ2n) is 5.45. The Kier molecular flexibility index (Phi) is 3.02. The van der Waals surface area contributed by atoms with Crippen LogP contribution in [-0.4, -0.2) is 53.1 Å². The number of carboxylic acids is 1. The second kappa shape index (κ2) is 3.73. The van der Waals surface area contributed by atoms with Crippen LogP contribution in [0.5, 0.6) is 0 Å². The Balaban J connectivity index is 3.12. The Bertz CT molecular complexity index is 322. The number of hydrogen-bond acceptors (Lipinski definition) is 3. The van der Waals surface area contributed by atoms with Gasteiger partial charge >= 0.3 is 6.03 Å². The first-order valence-electron chi connectivity index (χ1n) is 5.53. The molecular weight excluding hydrogens is 208 g/mol. The molecule has 0 aromatic carbocycles. The molecule has 0 N–H and O–H groups in total. The van der Waals surface area contributed by atoms with Crippen LogP contribution < -0.4 is 5.11 Å². The van der Waals surface area contributed by atoms with Crippen LogP contribution in [0.3, 0.4) is 0 Å². The standard InChI is InChI=1S/C11H20N2O3/c1-6-12-8(9(14)15)7-13(5,10(12)16)11(2,3)4/h8H,6-7H2,1-5H3. The molecule has 2 unspecified atom stereocenters. The lowest BCUT2D eigenvalue weighted by Crippen LogP contribution is -2.59. The third-order valence-corrected chi connectivity index (χ3v) is 3.68. The number of nitrogens with zero attached hydrogens (tertiary/aromatic N) is 2. The zero-order valence-corrected chi connectivity index (χ0v) is 10.6. The summed E-state index contributed by atoms with van der Waals surface area (Å²) in [4.78, 5) is 24.6. The first kappa shape index (κ1) is 13.0. The highest BCUT2D eigenvalue weighted by atomic mass is 16.4. The number of rotatable bonds is 2. The van der Waals surface area contributed by atoms with Crippen molar-refractivity contribution in [1.29, 1.82) is 0 Å². The zero-order valence-electron chi connectivity index (χ0n) is 10.6. The minimum absolute atomic E-state index is 0.111. The number of quaternary nitrogens is 1. The van der Waals surface area contributed by atoms with Gasteiger partial charge in [-0.15, -0.1) is 0 Å². The summed E-state index contributed by atoms with van der Waals surface area (Å²) < 4.78 is 0.111. The van der Waals surface area contributed by atoms with Crippen LogP contribution in [0.1, 0.15) is 27.7 Å². The normalized spacial score (nSPS) is 30.9. The molecule has 5 heteroatoms. The van der Waals surface area contributed by atoms with Gasteiger partial charge in [-0.05, 0) is 27.7 Å². The van der Waals surface area contributed by atoms with E-state index < -0.39 is 12.0 Å². The molecule has 1 heterocycles. The van der Waals surface area contributed by atoms with Gasteiger partial charge in [0.2, 0.25) is 0 Å². The number of urea groups is 1. The van der Waals surface area contributed by atoms with Crippen molar-refractivity contribution in [3.05, 3.63) is 0 Å². The summed E-state index contributed by atoms with van der Waals surface area (Å²) in [6.45, 7) is 8.29. The van der Waals surface area contributed by atoms with Crippen molar-refractivity contribution in [2.75, 3.05) is 20.1 Å². The smallest absolute Gasteiger partial charge is 0.420 e. The van der Waals surface area contributed by atoms with E-state index in [1.165, 1.54) is 4.90 Å². The summed E-state index contributed by atoms with van der Waals surface area (Å²) in [5.41, 5.74) is -0.311. The van der Waals surface area contributed by atoms with Gasteiger partial charge in [0.05, 0.1) is 18.6 Å². The third-order valence-electron chi connectivity index (χ3n) is 3.68. The Morgan fingerprint density at radius 3 is 2.31 bits per heavy atom. The molecule has 2 atom stereocenters. The van der Waals surface area contributed by atoms with Crippen LogP contribution in [0.15, 0.2) is 0 Å². The lowest BCUT2D eigenvalue weighted by Gasteiger charge is -2.38. The average Bonchev–Trinajstić information content (AvgIpc) is 2.40. The SMILES string of the molecule is CCN1C(=O)[N+](C)(C(C)(C)C)CC1C(=O)[O-]. The highest BCUT2D eigenvalue weighted by molar-refractivity contribution is 5.81. The fraction of sp³-hybridized carbons (Fsp3) is 0.818. The molecule has 1 fully saturated rings. The maximum atomic E-state index is 12.2. The summed E-state index contributed by atoms with van der Waals surface area (Å²) in [6, 6.07) is -0.939. The highest BCUT2D eigenvalue weighted by Crippen LogP contribution is 2.31. The van der Waals surface area contributed by atoms with Crippen LogP contribution in [0.4, 0.5) is 4.79 Å². The number of hydrogen-bond donors (Lipinski definition) is 0. The minimum Gasteiger partial charge on any atom is -0.548 e. The largest absolute Gasteiger partial charge is 0.548 e. The van der Waals surface area contributed by atoms with Crippen LogP contribution >= 0.6 is 0 Å². The zero-order chi connectivity index (χ0) is 12.7. The number of amides is 2. The molecule has 2 amide bonds. The topological polar surface area (TPSA) is 60.4 Å². The van der Waals surface area contributed by atoms with Gasteiger partial charge in [-0.2, -0.15) is 0 Å². The van der Waals surface area contributed by atoms with Gasteiger partial charge in [-0.3, -0.25) is 4.90 Å². The van der Waals surface area contributed by atoms with E-state index in [4.69, 9.17) is 0 Å². The fourth-order valence-corrected chi connectivity index (χ4v) is 2.06. The van der Waals surface area contributed by atoms with Crippen LogP contribution in [0, 0.1) is 0 Å². The molecule has 1 aliphatic heterocycles. The van der Waals surface area contributed by atoms with Gasteiger partial charge < -0.3 is 9.90 Å². The van der Waals surface area contributed by atoms with Crippen molar-refractivity contribution >= 4 is 12.0 Å². The molecule has 0 saturated carbocycles. The van der Waals surface area contributed by atoms with E-state index in [-0.39, 0.29) is 22.6 Å². The van der Waals surface area contributed by atoms with Gasteiger partial charge in [0.25, 0.3) is 0 Å². The molecule has 0 aliphatic carbocycles. The molecule has 16 heavy (non-hydrogen) atoms. The van der Waals surface area contributed by atoms with Gasteiger partial charge in [0.15, 0.2) is 0 Å². The molecule has 1 aliphatic rings. The molecule has 0 bridgehead atoms. The van der Waals surface area contributed by atoms with Crippen molar-refractivity contribution in [3.8, 4) is 0 Å². The summed E-state index contributed by atoms with van der Waals surface area (Å²) >= 11 is 0. The predicted octanol–water partition coefficient (Wildman–Crippen LogP) is -0.194. The Morgan fingerprint density at radius 2 is 2.06 bits per heavy atom. The maximum Gasteiger partial charge on any atom is 0.420 e. The Morgan fingerprint density at radius 1 is 1.56 bits per heavy atom. The molecule has 1 saturated heterocycles. The first-order chi connectivity index (χ1) is 7.15. The molecule has 0 spiro atoms. The van der Waals surface area contributed by atoms with E-state index in [9.17, 15) is 14.7 Å². The molecule has 0 aromatic heterocycles. The van der Waals surface area contributed by atoms with Gasteiger partial charge in [-0.25, -0.2) is 9.28 Å². The van der Waals surface area contributed by atoms with Gasteiger partial charge in [0, 0.05) is 6.54 Å². The van der Waals surface area contributed by atoms with Crippen molar-refractivity contribution < 1.29 is 19.2 Å². The Labute approximate surface area is 96.2 Å². The number of aliphatic carboxylic acids is 1. The van der Waals surface area contributed by atoms with Crippen LogP contribution in [-0.2, 0) is 4.79 Å². The quantitative estimate of drug-likeness (QED) is 0.615. The minimum atomic E-state index is -1.17. The number of carbonyl (C=O) groups excluding carboxylic acids is 2. The molecule has 5 nitrogen and oxygen atoms in total. The number of likely N-dealkylation sites (N-methyl/N-ethyl adjacent to an activating group) is 2. The first-order valence-corrected chi connectivity index (χ1v) is 5.53. The molecular formula is C11H20N2O3. The summed E-state index contributed by atoms with van der Waals surface area (Å²) in [5.74, 6) is -1.17. The van der Waals surface area contributed by atoms with Crippen LogP contribution in [0.2, 0.25) is 0 Å². The predicted molar refractivity (Wildman–Crippen MR) is 57.4 cm³/mol. The lowest BCUT2D eigenvalue weighted by atomic mass is 10.0. The van der Waals surface area contributed by atoms with E-state index in [2.05, 4.69) is 0 Å². The Hall–Kier alpha value is -1.10. The van der Waals surface area contributed by atoms with Crippen molar-refractivity contribution in [2.45, 2.75) is 39.3 Å². The second-order valence-corrected chi connectivity index (χ2v) is 5.45. The summed E-state index contributed by atoms with van der Waals surface area (Å²) in [5, 5.41) is 11.0. The molecule has 1 rings (SSSR count). The van der Waals surface area contributed by atoms with E-state index in [0.29, 0.717) is 6.54 Å². The van der Waals surface area contributed by atoms with E-state index >= 15 is 0 Å². The maximum absolute atomic E-state index is 12.2. The molecule has 0 radical (unpaired) electrons. The van der Waals surface area contributed by atoms with Gasteiger partial charge in [0.1, 0.15) is 12.6 Å². The van der Waals surface area contributed by atoms with Crippen molar-refractivity contribution in [3.63, 3.8) is 0 Å². The lowest BCUT2D eigenvalue weighted by molar-refractivity contribution is -0.871. The van der Waals surface area contributed by atoms with Gasteiger partial charge in [-0.1, -0.05) is 0 Å². The van der Waals surface area contributed by atoms with E-state index in [1.54, 1.807) is 14.0 Å². The summed E-state index contributed by atoms with van der Waals surface area (Å²) in [6.07, 6.45) is 0. The van der Waals surface area contributed by atoms with E-state index in [0.717, 1.165) is 0 Å². The average molecular weight is 228 g/mol. The number of carboxylic acid groups (broad SMARTS) is 1. The molecule has 0 aromatic rings. The van der Waals surface area contributed by atoms with Crippen molar-refractivity contribution in [2.24, 2.45) is 0 Å². The summed E-state index contributed by atoms with van der Waals surface area (Å²) in [7, 11) is 1.79. The monoisotopic (exact) mass is 228 g/mol. The van der Waals surface area contributed by atoms with Crippen molar-refractivity contribution in [1.82, 2.24) is 4.90 Å². The molecule has 92 valence electrons. The van der Waals surface area contributed by atoms with Crippen LogP contribution in [0.25, 0.3) is 0 Å². The highest BCUT2D eigenvalue weighted by Gasteiger charge is 2.55. The third kappa shape index (κ3) is 1.69. The van der Waals surface area contributed by atoms with E-state index in [1.807, 2.05) is 20.8 Å². The fourth-order valence-electron chi connectivity index (χ4n) is 2.06.